The first kappa shape index (κ1) is 16.3. The Hall–Kier alpha value is -1.60. The summed E-state index contributed by atoms with van der Waals surface area (Å²) in [6, 6.07) is 0.586. The molecule has 2 fully saturated rings. The van der Waals surface area contributed by atoms with Gasteiger partial charge in [0.1, 0.15) is 0 Å². The van der Waals surface area contributed by atoms with E-state index in [2.05, 4.69) is 17.1 Å². The fourth-order valence-electron chi connectivity index (χ4n) is 3.53. The largest absolute Gasteiger partial charge is 0.465 e. The van der Waals surface area contributed by atoms with Crippen molar-refractivity contribution in [2.75, 3.05) is 32.1 Å². The molecule has 2 aliphatic rings. The van der Waals surface area contributed by atoms with Gasteiger partial charge in [0.25, 0.3) is 0 Å². The molecule has 2 atom stereocenters. The van der Waals surface area contributed by atoms with Gasteiger partial charge in [0.15, 0.2) is 0 Å². The quantitative estimate of drug-likeness (QED) is 0.861. The van der Waals surface area contributed by atoms with Crippen LogP contribution in [-0.4, -0.2) is 60.6 Å². The number of hydrogen-bond acceptors (Lipinski definition) is 5. The van der Waals surface area contributed by atoms with Gasteiger partial charge in [-0.15, -0.1) is 11.3 Å². The Morgan fingerprint density at radius 1 is 1.39 bits per heavy atom. The smallest absolute Gasteiger partial charge is 0.340 e. The highest BCUT2D eigenvalue weighted by molar-refractivity contribution is 7.08. The Balaban J connectivity index is 1.72. The second-order valence-electron chi connectivity index (χ2n) is 6.13. The normalized spacial score (nSPS) is 24.3. The molecule has 126 valence electrons. The summed E-state index contributed by atoms with van der Waals surface area (Å²) in [7, 11) is 1.35. The van der Waals surface area contributed by atoms with E-state index in [1.807, 2.05) is 4.90 Å². The molecular weight excluding hydrogens is 314 g/mol. The number of rotatable bonds is 3. The molecule has 0 saturated carbocycles. The van der Waals surface area contributed by atoms with Crippen molar-refractivity contribution in [3.63, 3.8) is 0 Å². The molecule has 1 aromatic rings. The molecule has 2 amide bonds. The lowest BCUT2D eigenvalue weighted by Gasteiger charge is -2.43. The fourth-order valence-corrected chi connectivity index (χ4v) is 4.28. The first-order valence-corrected chi connectivity index (χ1v) is 9.04. The van der Waals surface area contributed by atoms with Crippen molar-refractivity contribution in [2.24, 2.45) is 0 Å². The van der Waals surface area contributed by atoms with Gasteiger partial charge in [0.2, 0.25) is 0 Å². The summed E-state index contributed by atoms with van der Waals surface area (Å²) in [5.41, 5.74) is 0.953. The van der Waals surface area contributed by atoms with Gasteiger partial charge in [-0.1, -0.05) is 6.92 Å². The maximum absolute atomic E-state index is 12.7. The van der Waals surface area contributed by atoms with Crippen LogP contribution in [0.3, 0.4) is 0 Å². The number of nitrogens with zero attached hydrogens (tertiary/aromatic N) is 2. The van der Waals surface area contributed by atoms with Gasteiger partial charge in [-0.05, 0) is 25.8 Å². The van der Waals surface area contributed by atoms with Crippen LogP contribution in [0.5, 0.6) is 0 Å². The number of ether oxygens (including phenoxy) is 1. The van der Waals surface area contributed by atoms with Crippen LogP contribution in [0.2, 0.25) is 0 Å². The van der Waals surface area contributed by atoms with Crippen molar-refractivity contribution in [1.82, 2.24) is 9.80 Å². The summed E-state index contributed by atoms with van der Waals surface area (Å²) in [4.78, 5) is 28.9. The predicted molar refractivity (Wildman–Crippen MR) is 90.1 cm³/mol. The number of methoxy groups -OCH3 is 1. The van der Waals surface area contributed by atoms with Crippen molar-refractivity contribution in [3.8, 4) is 0 Å². The molecule has 1 aromatic heterocycles. The van der Waals surface area contributed by atoms with Crippen LogP contribution >= 0.6 is 11.3 Å². The highest BCUT2D eigenvalue weighted by atomic mass is 32.1. The Bertz CT molecular complexity index is 589. The number of urea groups is 1. The molecular formula is C16H23N3O3S. The molecule has 0 spiro atoms. The molecule has 3 heterocycles. The lowest BCUT2D eigenvalue weighted by atomic mass is 10.1. The Morgan fingerprint density at radius 2 is 2.22 bits per heavy atom. The lowest BCUT2D eigenvalue weighted by Crippen LogP contribution is -2.58. The summed E-state index contributed by atoms with van der Waals surface area (Å²) < 4.78 is 4.76. The molecule has 0 bridgehead atoms. The van der Waals surface area contributed by atoms with Crippen LogP contribution in [0.1, 0.15) is 36.5 Å². The van der Waals surface area contributed by atoms with E-state index in [9.17, 15) is 9.59 Å². The van der Waals surface area contributed by atoms with Crippen molar-refractivity contribution < 1.29 is 14.3 Å². The second-order valence-corrected chi connectivity index (χ2v) is 6.87. The van der Waals surface area contributed by atoms with Gasteiger partial charge in [-0.2, -0.15) is 0 Å². The number of amides is 2. The standard InChI is InChI=1S/C16H23N3O3S/c1-3-11-7-18-6-4-5-12(18)8-19(11)16(21)17-14-10-23-9-13(14)15(20)22-2/h9-12H,3-8H2,1-2H3,(H,17,21). The van der Waals surface area contributed by atoms with Crippen molar-refractivity contribution in [2.45, 2.75) is 38.3 Å². The minimum absolute atomic E-state index is 0.119. The van der Waals surface area contributed by atoms with E-state index in [0.29, 0.717) is 17.3 Å². The number of fused-ring (bicyclic) bond motifs is 1. The SMILES string of the molecule is CCC1CN2CCCC2CN1C(=O)Nc1cscc1C(=O)OC. The molecule has 2 aliphatic heterocycles. The molecule has 0 aliphatic carbocycles. The van der Waals surface area contributed by atoms with Crippen LogP contribution in [0.4, 0.5) is 10.5 Å². The van der Waals surface area contributed by atoms with E-state index in [1.165, 1.54) is 24.9 Å². The Morgan fingerprint density at radius 3 is 2.96 bits per heavy atom. The third-order valence-electron chi connectivity index (χ3n) is 4.83. The first-order valence-electron chi connectivity index (χ1n) is 8.10. The predicted octanol–water partition coefficient (Wildman–Crippen LogP) is 2.63. The molecule has 1 N–H and O–H groups in total. The van der Waals surface area contributed by atoms with Crippen LogP contribution in [0.15, 0.2) is 10.8 Å². The molecule has 0 radical (unpaired) electrons. The number of carbonyl (C=O) groups excluding carboxylic acids is 2. The zero-order valence-corrected chi connectivity index (χ0v) is 14.4. The summed E-state index contributed by atoms with van der Waals surface area (Å²) in [6.07, 6.45) is 3.31. The van der Waals surface area contributed by atoms with Crippen molar-refractivity contribution >= 4 is 29.0 Å². The zero-order chi connectivity index (χ0) is 16.4. The summed E-state index contributed by atoms with van der Waals surface area (Å²) in [5, 5.41) is 6.37. The van der Waals surface area contributed by atoms with Crippen LogP contribution in [0, 0.1) is 0 Å². The second kappa shape index (κ2) is 6.88. The van der Waals surface area contributed by atoms with E-state index in [4.69, 9.17) is 4.74 Å². The average molecular weight is 337 g/mol. The maximum atomic E-state index is 12.7. The minimum atomic E-state index is -0.422. The van der Waals surface area contributed by atoms with Gasteiger partial charge < -0.3 is 15.0 Å². The third-order valence-corrected chi connectivity index (χ3v) is 5.58. The van der Waals surface area contributed by atoms with E-state index in [0.717, 1.165) is 32.5 Å². The summed E-state index contributed by atoms with van der Waals surface area (Å²) in [6.45, 7) is 4.98. The van der Waals surface area contributed by atoms with Gasteiger partial charge in [-0.3, -0.25) is 4.90 Å². The van der Waals surface area contributed by atoms with Crippen LogP contribution < -0.4 is 5.32 Å². The monoisotopic (exact) mass is 337 g/mol. The molecule has 3 rings (SSSR count). The number of piperazine rings is 1. The molecule has 7 heteroatoms. The maximum Gasteiger partial charge on any atom is 0.340 e. The number of anilines is 1. The summed E-state index contributed by atoms with van der Waals surface area (Å²) in [5.74, 6) is -0.422. The van der Waals surface area contributed by atoms with E-state index in [-0.39, 0.29) is 12.1 Å². The van der Waals surface area contributed by atoms with Gasteiger partial charge >= 0.3 is 12.0 Å². The van der Waals surface area contributed by atoms with Crippen molar-refractivity contribution in [3.05, 3.63) is 16.3 Å². The van der Waals surface area contributed by atoms with Crippen LogP contribution in [-0.2, 0) is 4.74 Å². The Kier molecular flexibility index (Phi) is 4.87. The number of hydrogen-bond donors (Lipinski definition) is 1. The average Bonchev–Trinajstić information content (AvgIpc) is 3.21. The van der Waals surface area contributed by atoms with E-state index in [1.54, 1.807) is 10.8 Å². The molecule has 0 aromatic carbocycles. The first-order chi connectivity index (χ1) is 11.1. The fraction of sp³-hybridized carbons (Fsp3) is 0.625. The number of carbonyl (C=O) groups is 2. The molecule has 6 nitrogen and oxygen atoms in total. The molecule has 23 heavy (non-hydrogen) atoms. The zero-order valence-electron chi connectivity index (χ0n) is 13.6. The minimum Gasteiger partial charge on any atom is -0.465 e. The van der Waals surface area contributed by atoms with E-state index < -0.39 is 5.97 Å². The van der Waals surface area contributed by atoms with Crippen LogP contribution in [0.25, 0.3) is 0 Å². The molecule has 2 saturated heterocycles. The number of thiophene rings is 1. The Labute approximate surface area is 140 Å². The highest BCUT2D eigenvalue weighted by Crippen LogP contribution is 2.27. The lowest BCUT2D eigenvalue weighted by molar-refractivity contribution is 0.0602. The van der Waals surface area contributed by atoms with Crippen molar-refractivity contribution in [1.29, 1.82) is 0 Å². The third kappa shape index (κ3) is 3.21. The van der Waals surface area contributed by atoms with E-state index >= 15 is 0 Å². The van der Waals surface area contributed by atoms with Gasteiger partial charge in [0, 0.05) is 35.9 Å². The summed E-state index contributed by atoms with van der Waals surface area (Å²) >= 11 is 1.38. The number of esters is 1. The topological polar surface area (TPSA) is 61.9 Å². The molecule has 2 unspecified atom stereocenters. The van der Waals surface area contributed by atoms with Gasteiger partial charge in [0.05, 0.1) is 18.4 Å². The number of nitrogens with one attached hydrogen (secondary N) is 1. The van der Waals surface area contributed by atoms with Gasteiger partial charge in [-0.25, -0.2) is 9.59 Å². The highest BCUT2D eigenvalue weighted by Gasteiger charge is 2.37.